The first-order valence-electron chi connectivity index (χ1n) is 11.1. The Bertz CT molecular complexity index is 841. The van der Waals surface area contributed by atoms with E-state index in [1.54, 1.807) is 6.92 Å². The average Bonchev–Trinajstić information content (AvgIpc) is 3.28. The van der Waals surface area contributed by atoms with Gasteiger partial charge in [-0.3, -0.25) is 9.59 Å². The summed E-state index contributed by atoms with van der Waals surface area (Å²) < 4.78 is 0. The zero-order valence-electron chi connectivity index (χ0n) is 17.3. The van der Waals surface area contributed by atoms with Crippen molar-refractivity contribution in [3.63, 3.8) is 0 Å². The normalized spacial score (nSPS) is 45.0. The van der Waals surface area contributed by atoms with E-state index >= 15 is 0 Å². The lowest BCUT2D eigenvalue weighted by atomic mass is 9.44. The molecule has 7 atom stereocenters. The van der Waals surface area contributed by atoms with Gasteiger partial charge in [0.2, 0.25) is 0 Å². The maximum absolute atomic E-state index is 12.5. The number of fused-ring (bicyclic) bond motifs is 5. The molecule has 0 spiro atoms. The molecule has 4 heteroatoms. The zero-order chi connectivity index (χ0) is 19.7. The Labute approximate surface area is 167 Å². The Morgan fingerprint density at radius 1 is 1.18 bits per heavy atom. The lowest BCUT2D eigenvalue weighted by Crippen LogP contribution is -2.53. The molecule has 0 saturated heterocycles. The summed E-state index contributed by atoms with van der Waals surface area (Å²) in [5, 5.41) is 0. The van der Waals surface area contributed by atoms with Crippen LogP contribution in [0.5, 0.6) is 0 Å². The third-order valence-corrected chi connectivity index (χ3v) is 9.45. The second-order valence-corrected chi connectivity index (χ2v) is 10.4. The highest BCUT2D eigenvalue weighted by atomic mass is 16.1. The highest BCUT2D eigenvalue weighted by Crippen LogP contribution is 2.68. The smallest absolute Gasteiger partial charge is 0.156 e. The number of hydrogen-bond acceptors (Lipinski definition) is 3. The van der Waals surface area contributed by atoms with Crippen molar-refractivity contribution >= 4 is 11.6 Å². The number of hydrogen-bond donors (Lipinski definition) is 1. The summed E-state index contributed by atoms with van der Waals surface area (Å²) in [5.41, 5.74) is 1.54. The number of ketones is 2. The van der Waals surface area contributed by atoms with E-state index in [0.717, 1.165) is 25.1 Å². The molecule has 0 radical (unpaired) electrons. The molecule has 1 aromatic rings. The number of aromatic nitrogens is 2. The average molecular weight is 381 g/mol. The number of carbonyl (C=O) groups is 2. The van der Waals surface area contributed by atoms with Crippen LogP contribution in [0.4, 0.5) is 0 Å². The van der Waals surface area contributed by atoms with Crippen LogP contribution >= 0.6 is 0 Å². The second kappa shape index (κ2) is 6.14. The van der Waals surface area contributed by atoms with Gasteiger partial charge in [0.05, 0.1) is 0 Å². The molecule has 0 bridgehead atoms. The fraction of sp³-hybridized carbons (Fsp3) is 0.708. The summed E-state index contributed by atoms with van der Waals surface area (Å²) in [7, 11) is 0. The summed E-state index contributed by atoms with van der Waals surface area (Å²) in [6, 6.07) is 0. The molecule has 1 heterocycles. The van der Waals surface area contributed by atoms with Crippen LogP contribution in [0.25, 0.3) is 0 Å². The molecule has 5 rings (SSSR count). The lowest BCUT2D eigenvalue weighted by molar-refractivity contribution is -0.129. The predicted molar refractivity (Wildman–Crippen MR) is 108 cm³/mol. The Morgan fingerprint density at radius 2 is 2.00 bits per heavy atom. The molecular weight excluding hydrogens is 348 g/mol. The van der Waals surface area contributed by atoms with E-state index in [2.05, 4.69) is 23.8 Å². The van der Waals surface area contributed by atoms with Gasteiger partial charge in [-0.25, -0.2) is 4.98 Å². The summed E-state index contributed by atoms with van der Waals surface area (Å²) in [5.74, 6) is 3.91. The molecule has 1 N–H and O–H groups in total. The first-order valence-corrected chi connectivity index (χ1v) is 11.1. The van der Waals surface area contributed by atoms with Crippen molar-refractivity contribution in [2.45, 2.75) is 71.6 Å². The number of nitrogens with one attached hydrogen (secondary N) is 1. The second-order valence-electron chi connectivity index (χ2n) is 10.4. The van der Waals surface area contributed by atoms with Crippen molar-refractivity contribution in [3.05, 3.63) is 29.9 Å². The molecule has 3 fully saturated rings. The van der Waals surface area contributed by atoms with Gasteiger partial charge in [-0.2, -0.15) is 0 Å². The molecule has 0 aromatic carbocycles. The number of aromatic amines is 1. The van der Waals surface area contributed by atoms with E-state index in [1.165, 1.54) is 24.8 Å². The highest BCUT2D eigenvalue weighted by molar-refractivity contribution is 5.92. The van der Waals surface area contributed by atoms with Crippen molar-refractivity contribution in [3.8, 4) is 0 Å². The molecule has 28 heavy (non-hydrogen) atoms. The molecule has 3 saturated carbocycles. The van der Waals surface area contributed by atoms with E-state index in [1.807, 2.05) is 18.5 Å². The lowest BCUT2D eigenvalue weighted by Gasteiger charge is -2.59. The monoisotopic (exact) mass is 380 g/mol. The quantitative estimate of drug-likeness (QED) is 0.798. The van der Waals surface area contributed by atoms with Gasteiger partial charge in [-0.15, -0.1) is 0 Å². The molecular formula is C24H32N2O2. The zero-order valence-corrected chi connectivity index (χ0v) is 17.3. The Hall–Kier alpha value is -1.71. The van der Waals surface area contributed by atoms with Crippen LogP contribution in [0.15, 0.2) is 24.0 Å². The summed E-state index contributed by atoms with van der Waals surface area (Å²) in [6.07, 6.45) is 13.0. The summed E-state index contributed by atoms with van der Waals surface area (Å²) in [6.45, 7) is 6.61. The van der Waals surface area contributed by atoms with Crippen molar-refractivity contribution in [2.75, 3.05) is 0 Å². The largest absolute Gasteiger partial charge is 0.348 e. The standard InChI is InChI=1S/C24H32N2O2/c1-14(27)18-6-7-19-17-5-4-15-12-16(28)13-21(22-25-10-11-26-22)24(15,3)20(17)8-9-23(18,19)2/h10-12,17-21H,4-9,13H2,1-3H3,(H,25,26)/t17-,18+,19-,20-,21?,23+,24-/m0/s1. The van der Waals surface area contributed by atoms with Crippen LogP contribution in [0, 0.1) is 34.5 Å². The van der Waals surface area contributed by atoms with Crippen molar-refractivity contribution < 1.29 is 9.59 Å². The van der Waals surface area contributed by atoms with Gasteiger partial charge in [0.1, 0.15) is 11.6 Å². The molecule has 4 nitrogen and oxygen atoms in total. The minimum atomic E-state index is 0.00429. The van der Waals surface area contributed by atoms with Crippen LogP contribution in [0.2, 0.25) is 0 Å². The van der Waals surface area contributed by atoms with E-state index < -0.39 is 0 Å². The third-order valence-electron chi connectivity index (χ3n) is 9.45. The van der Waals surface area contributed by atoms with Crippen LogP contribution in [0.1, 0.15) is 77.5 Å². The van der Waals surface area contributed by atoms with Gasteiger partial charge in [0.15, 0.2) is 5.78 Å². The number of rotatable bonds is 2. The maximum atomic E-state index is 12.5. The number of H-pyrrole nitrogens is 1. The topological polar surface area (TPSA) is 62.8 Å². The summed E-state index contributed by atoms with van der Waals surface area (Å²) >= 11 is 0. The van der Waals surface area contributed by atoms with Gasteiger partial charge >= 0.3 is 0 Å². The van der Waals surface area contributed by atoms with Crippen LogP contribution in [0.3, 0.4) is 0 Å². The highest BCUT2D eigenvalue weighted by Gasteiger charge is 2.61. The molecule has 1 unspecified atom stereocenters. The number of allylic oxidation sites excluding steroid dienone is 1. The minimum Gasteiger partial charge on any atom is -0.348 e. The Kier molecular flexibility index (Phi) is 4.02. The van der Waals surface area contributed by atoms with Crippen LogP contribution in [-0.4, -0.2) is 21.5 Å². The van der Waals surface area contributed by atoms with Gasteiger partial charge in [-0.1, -0.05) is 19.4 Å². The summed E-state index contributed by atoms with van der Waals surface area (Å²) in [4.78, 5) is 32.8. The van der Waals surface area contributed by atoms with Gasteiger partial charge in [0, 0.05) is 36.1 Å². The minimum absolute atomic E-state index is 0.00429. The van der Waals surface area contributed by atoms with Crippen molar-refractivity contribution in [1.82, 2.24) is 9.97 Å². The SMILES string of the molecule is CC(=O)[C@H]1CC[C@H]2[C@@H]3CCC4=CC(=O)CC(c5ncc[nH]5)[C@]4(C)[C@H]3CC[C@]12C. The number of nitrogens with zero attached hydrogens (tertiary/aromatic N) is 1. The number of Topliss-reactive ketones (excluding diaryl/α,β-unsaturated/α-hetero) is 1. The number of carbonyl (C=O) groups excluding carboxylic acids is 2. The molecule has 4 aliphatic carbocycles. The van der Waals surface area contributed by atoms with E-state index in [4.69, 9.17) is 0 Å². The Balaban J connectivity index is 1.55. The van der Waals surface area contributed by atoms with E-state index in [9.17, 15) is 9.59 Å². The Morgan fingerprint density at radius 3 is 2.71 bits per heavy atom. The molecule has 0 aliphatic heterocycles. The number of imidazole rings is 1. The van der Waals surface area contributed by atoms with E-state index in [-0.39, 0.29) is 28.4 Å². The molecule has 4 aliphatic rings. The van der Waals surface area contributed by atoms with Crippen molar-refractivity contribution in [1.29, 1.82) is 0 Å². The molecule has 0 amide bonds. The van der Waals surface area contributed by atoms with Gasteiger partial charge in [0.25, 0.3) is 0 Å². The van der Waals surface area contributed by atoms with Gasteiger partial charge < -0.3 is 4.98 Å². The van der Waals surface area contributed by atoms with Gasteiger partial charge in [-0.05, 0) is 74.7 Å². The maximum Gasteiger partial charge on any atom is 0.156 e. The fourth-order valence-corrected chi connectivity index (χ4v) is 8.16. The van der Waals surface area contributed by atoms with Crippen LogP contribution < -0.4 is 0 Å². The fourth-order valence-electron chi connectivity index (χ4n) is 8.16. The third kappa shape index (κ3) is 2.32. The van der Waals surface area contributed by atoms with Crippen molar-refractivity contribution in [2.24, 2.45) is 34.5 Å². The van der Waals surface area contributed by atoms with Crippen LogP contribution in [-0.2, 0) is 9.59 Å². The first kappa shape index (κ1) is 18.3. The predicted octanol–water partition coefficient (Wildman–Crippen LogP) is 4.84. The molecule has 150 valence electrons. The van der Waals surface area contributed by atoms with E-state index in [0.29, 0.717) is 30.0 Å². The first-order chi connectivity index (χ1) is 13.4. The molecule has 1 aromatic heterocycles.